The number of hydrogen-bond acceptors (Lipinski definition) is 6. The Morgan fingerprint density at radius 2 is 2.26 bits per heavy atom. The van der Waals surface area contributed by atoms with Gasteiger partial charge >= 0.3 is 0 Å². The van der Waals surface area contributed by atoms with Crippen molar-refractivity contribution >= 4 is 28.1 Å². The number of anilines is 1. The highest BCUT2D eigenvalue weighted by atomic mass is 79.9. The molecule has 19 heavy (non-hydrogen) atoms. The largest absolute Gasteiger partial charge is 0.496 e. The van der Waals surface area contributed by atoms with E-state index in [2.05, 4.69) is 36.7 Å². The summed E-state index contributed by atoms with van der Waals surface area (Å²) in [7, 11) is 1.61. The van der Waals surface area contributed by atoms with E-state index in [4.69, 9.17) is 10.6 Å². The molecule has 0 bridgehead atoms. The zero-order valence-corrected chi connectivity index (χ0v) is 12.0. The van der Waals surface area contributed by atoms with Gasteiger partial charge in [-0.3, -0.25) is 0 Å². The third kappa shape index (κ3) is 3.02. The highest BCUT2D eigenvalue weighted by molar-refractivity contribution is 9.10. The number of aromatic nitrogens is 3. The van der Waals surface area contributed by atoms with E-state index in [1.54, 1.807) is 20.2 Å². The minimum Gasteiger partial charge on any atom is -0.496 e. The van der Waals surface area contributed by atoms with Gasteiger partial charge in [-0.2, -0.15) is 5.10 Å². The first kappa shape index (κ1) is 13.3. The minimum atomic E-state index is 0.364. The lowest BCUT2D eigenvalue weighted by Gasteiger charge is -2.04. The van der Waals surface area contributed by atoms with Gasteiger partial charge in [0.05, 0.1) is 13.3 Å². The lowest BCUT2D eigenvalue weighted by Crippen LogP contribution is -2.13. The van der Waals surface area contributed by atoms with Crippen LogP contribution in [0, 0.1) is 6.92 Å². The Balaban J connectivity index is 2.15. The topological polar surface area (TPSA) is 90.3 Å². The lowest BCUT2D eigenvalue weighted by molar-refractivity contribution is 0.414. The molecule has 0 unspecified atom stereocenters. The molecule has 1 aromatic carbocycles. The Morgan fingerprint density at radius 3 is 2.89 bits per heavy atom. The van der Waals surface area contributed by atoms with Gasteiger partial charge in [0.2, 0.25) is 0 Å². The average Bonchev–Trinajstić information content (AvgIpc) is 2.71. The Kier molecular flexibility index (Phi) is 4.00. The summed E-state index contributed by atoms with van der Waals surface area (Å²) >= 11 is 3.39. The van der Waals surface area contributed by atoms with Crippen LogP contribution in [0.5, 0.6) is 5.75 Å². The van der Waals surface area contributed by atoms with Crippen molar-refractivity contribution in [3.8, 4) is 5.75 Å². The maximum atomic E-state index is 5.69. The number of nitrogens with one attached hydrogen (secondary N) is 1. The van der Waals surface area contributed by atoms with Crippen LogP contribution < -0.4 is 16.0 Å². The molecule has 0 fully saturated rings. The van der Waals surface area contributed by atoms with Gasteiger partial charge in [-0.05, 0) is 25.1 Å². The molecule has 0 aliphatic heterocycles. The molecule has 0 atom stereocenters. The maximum Gasteiger partial charge on any atom is 0.263 e. The summed E-state index contributed by atoms with van der Waals surface area (Å²) in [5.41, 5.74) is 3.54. The molecule has 0 amide bonds. The lowest BCUT2D eigenvalue weighted by atomic mass is 10.2. The molecular formula is C11H13BrN6O. The van der Waals surface area contributed by atoms with E-state index in [1.807, 2.05) is 18.2 Å². The van der Waals surface area contributed by atoms with Crippen LogP contribution in [0.4, 0.5) is 5.95 Å². The number of hydrogen-bond donors (Lipinski definition) is 2. The highest BCUT2D eigenvalue weighted by Gasteiger charge is 2.04. The second-order valence-corrected chi connectivity index (χ2v) is 4.61. The number of benzene rings is 1. The van der Waals surface area contributed by atoms with E-state index in [-0.39, 0.29) is 0 Å². The van der Waals surface area contributed by atoms with Gasteiger partial charge in [-0.15, -0.1) is 10.2 Å². The second-order valence-electron chi connectivity index (χ2n) is 3.70. The van der Waals surface area contributed by atoms with Crippen molar-refractivity contribution in [2.24, 2.45) is 5.10 Å². The van der Waals surface area contributed by atoms with Gasteiger partial charge in [-0.1, -0.05) is 15.9 Å². The van der Waals surface area contributed by atoms with E-state index < -0.39 is 0 Å². The molecule has 0 saturated carbocycles. The van der Waals surface area contributed by atoms with E-state index in [0.717, 1.165) is 15.8 Å². The van der Waals surface area contributed by atoms with Crippen molar-refractivity contribution in [1.29, 1.82) is 0 Å². The summed E-state index contributed by atoms with van der Waals surface area (Å²) < 4.78 is 7.49. The summed E-state index contributed by atoms with van der Waals surface area (Å²) in [5.74, 6) is 7.37. The summed E-state index contributed by atoms with van der Waals surface area (Å²) in [5, 5.41) is 11.7. The molecule has 0 aliphatic carbocycles. The van der Waals surface area contributed by atoms with E-state index >= 15 is 0 Å². The van der Waals surface area contributed by atoms with Gasteiger partial charge in [0.15, 0.2) is 5.82 Å². The number of ether oxygens (including phenoxy) is 1. The number of nitrogens with zero attached hydrogens (tertiary/aromatic N) is 4. The summed E-state index contributed by atoms with van der Waals surface area (Å²) in [6, 6.07) is 5.63. The molecule has 1 aromatic heterocycles. The van der Waals surface area contributed by atoms with E-state index in [0.29, 0.717) is 11.8 Å². The number of methoxy groups -OCH3 is 1. The number of hydrazone groups is 1. The number of aryl methyl sites for hydroxylation is 1. The zero-order chi connectivity index (χ0) is 13.8. The fourth-order valence-corrected chi connectivity index (χ4v) is 1.79. The molecule has 0 spiro atoms. The van der Waals surface area contributed by atoms with E-state index in [9.17, 15) is 0 Å². The molecule has 8 heteroatoms. The fourth-order valence-electron chi connectivity index (χ4n) is 1.41. The normalized spacial score (nSPS) is 10.9. The molecule has 1 heterocycles. The molecule has 2 rings (SSSR count). The van der Waals surface area contributed by atoms with Crippen LogP contribution in [-0.4, -0.2) is 28.2 Å². The first-order chi connectivity index (χ1) is 9.11. The Hall–Kier alpha value is -2.09. The van der Waals surface area contributed by atoms with Crippen molar-refractivity contribution in [3.63, 3.8) is 0 Å². The summed E-state index contributed by atoms with van der Waals surface area (Å²) in [4.78, 5) is 0. The first-order valence-corrected chi connectivity index (χ1v) is 6.21. The van der Waals surface area contributed by atoms with Crippen LogP contribution in [0.3, 0.4) is 0 Å². The predicted octanol–water partition coefficient (Wildman–Crippen LogP) is 1.52. The van der Waals surface area contributed by atoms with Crippen LogP contribution in [0.2, 0.25) is 0 Å². The third-order valence-electron chi connectivity index (χ3n) is 2.43. The predicted molar refractivity (Wildman–Crippen MR) is 76.8 cm³/mol. The highest BCUT2D eigenvalue weighted by Crippen LogP contribution is 2.21. The van der Waals surface area contributed by atoms with Crippen molar-refractivity contribution < 1.29 is 4.74 Å². The van der Waals surface area contributed by atoms with Crippen LogP contribution in [0.1, 0.15) is 11.4 Å². The molecule has 3 N–H and O–H groups in total. The standard InChI is InChI=1S/C11H13BrN6O/c1-7-15-17-11(18(7)13)16-14-6-8-5-9(12)3-4-10(8)19-2/h3-6H,13H2,1-2H3,(H,16,17)/b14-6+. The average molecular weight is 325 g/mol. The first-order valence-electron chi connectivity index (χ1n) is 5.41. The SMILES string of the molecule is COc1ccc(Br)cc1/C=N/Nc1nnc(C)n1N. The Bertz CT molecular complexity index is 609. The smallest absolute Gasteiger partial charge is 0.263 e. The molecule has 0 aliphatic rings. The molecule has 100 valence electrons. The molecule has 0 radical (unpaired) electrons. The zero-order valence-electron chi connectivity index (χ0n) is 10.5. The Labute approximate surface area is 118 Å². The van der Waals surface area contributed by atoms with Gasteiger partial charge in [0.25, 0.3) is 5.95 Å². The third-order valence-corrected chi connectivity index (χ3v) is 2.92. The van der Waals surface area contributed by atoms with Crippen molar-refractivity contribution in [1.82, 2.24) is 14.9 Å². The molecule has 7 nitrogen and oxygen atoms in total. The number of nitrogens with two attached hydrogens (primary N) is 1. The maximum absolute atomic E-state index is 5.69. The van der Waals surface area contributed by atoms with Gasteiger partial charge in [-0.25, -0.2) is 10.1 Å². The summed E-state index contributed by atoms with van der Waals surface area (Å²) in [6.45, 7) is 1.75. The number of halogens is 1. The summed E-state index contributed by atoms with van der Waals surface area (Å²) in [6.07, 6.45) is 1.62. The quantitative estimate of drug-likeness (QED) is 0.505. The van der Waals surface area contributed by atoms with Gasteiger partial charge < -0.3 is 10.6 Å². The van der Waals surface area contributed by atoms with Crippen LogP contribution in [0.15, 0.2) is 27.8 Å². The number of nitrogen functional groups attached to an aromatic ring is 1. The molecular weight excluding hydrogens is 312 g/mol. The monoisotopic (exact) mass is 324 g/mol. The molecule has 2 aromatic rings. The van der Waals surface area contributed by atoms with Crippen molar-refractivity contribution in [2.75, 3.05) is 18.4 Å². The van der Waals surface area contributed by atoms with E-state index in [1.165, 1.54) is 4.68 Å². The minimum absolute atomic E-state index is 0.364. The fraction of sp³-hybridized carbons (Fsp3) is 0.182. The van der Waals surface area contributed by atoms with Gasteiger partial charge in [0.1, 0.15) is 5.75 Å². The Morgan fingerprint density at radius 1 is 1.47 bits per heavy atom. The second kappa shape index (κ2) is 5.70. The van der Waals surface area contributed by atoms with Crippen LogP contribution in [0.25, 0.3) is 0 Å². The number of rotatable bonds is 4. The van der Waals surface area contributed by atoms with Gasteiger partial charge in [0, 0.05) is 10.0 Å². The molecule has 0 saturated heterocycles. The van der Waals surface area contributed by atoms with Crippen LogP contribution >= 0.6 is 15.9 Å². The van der Waals surface area contributed by atoms with Crippen molar-refractivity contribution in [3.05, 3.63) is 34.1 Å². The van der Waals surface area contributed by atoms with Crippen LogP contribution in [-0.2, 0) is 0 Å². The van der Waals surface area contributed by atoms with Crippen molar-refractivity contribution in [2.45, 2.75) is 6.92 Å².